The van der Waals surface area contributed by atoms with Crippen molar-refractivity contribution in [3.8, 4) is 0 Å². The van der Waals surface area contributed by atoms with Gasteiger partial charge in [0, 0.05) is 11.3 Å². The predicted octanol–water partition coefficient (Wildman–Crippen LogP) is 3.52. The molecule has 0 aliphatic heterocycles. The topological polar surface area (TPSA) is 57.2 Å². The third kappa shape index (κ3) is 4.85. The Hall–Kier alpha value is -0.970. The molecule has 0 heterocycles. The second-order valence-electron chi connectivity index (χ2n) is 4.46. The molecule has 0 saturated carbocycles. The van der Waals surface area contributed by atoms with Crippen molar-refractivity contribution >= 4 is 27.9 Å². The number of allylic oxidation sites excluding steroid dienone is 2. The lowest BCUT2D eigenvalue weighted by atomic mass is 9.95. The van der Waals surface area contributed by atoms with Gasteiger partial charge in [-0.2, -0.15) is 0 Å². The quantitative estimate of drug-likeness (QED) is 0.439. The van der Waals surface area contributed by atoms with Crippen LogP contribution in [0.5, 0.6) is 0 Å². The molecule has 0 aliphatic rings. The summed E-state index contributed by atoms with van der Waals surface area (Å²) in [5.41, 5.74) is 2.89. The smallest absolute Gasteiger partial charge is 0.252 e. The Morgan fingerprint density at radius 3 is 2.55 bits per heavy atom. The zero-order valence-corrected chi connectivity index (χ0v) is 13.2. The van der Waals surface area contributed by atoms with Gasteiger partial charge in [0.15, 0.2) is 0 Å². The van der Waals surface area contributed by atoms with E-state index in [0.29, 0.717) is 17.5 Å². The summed E-state index contributed by atoms with van der Waals surface area (Å²) in [7, 11) is 0. The van der Waals surface area contributed by atoms with Crippen LogP contribution in [-0.2, 0) is 29.7 Å². The van der Waals surface area contributed by atoms with Crippen LogP contribution in [0.1, 0.15) is 47.3 Å². The van der Waals surface area contributed by atoms with Crippen molar-refractivity contribution in [3.05, 3.63) is 46.5 Å². The van der Waals surface area contributed by atoms with Crippen molar-refractivity contribution in [2.75, 3.05) is 0 Å². The van der Waals surface area contributed by atoms with E-state index < -0.39 is 16.3 Å². The van der Waals surface area contributed by atoms with E-state index in [0.717, 1.165) is 24.0 Å². The van der Waals surface area contributed by atoms with Crippen LogP contribution in [0.3, 0.4) is 0 Å². The van der Waals surface area contributed by atoms with E-state index in [1.54, 1.807) is 6.07 Å². The average molecular weight is 314 g/mol. The molecule has 1 aromatic rings. The molecule has 3 nitrogen and oxygen atoms in total. The molecule has 1 unspecified atom stereocenters. The van der Waals surface area contributed by atoms with E-state index in [-0.39, 0.29) is 5.75 Å². The van der Waals surface area contributed by atoms with Crippen LogP contribution in [0, 0.1) is 0 Å². The Morgan fingerprint density at radius 2 is 2.05 bits per heavy atom. The van der Waals surface area contributed by atoms with Crippen LogP contribution in [-0.4, -0.2) is 14.0 Å². The Labute approximate surface area is 127 Å². The lowest BCUT2D eigenvalue weighted by molar-refractivity contribution is 0.108. The maximum absolute atomic E-state index is 11.4. The van der Waals surface area contributed by atoms with Gasteiger partial charge < -0.3 is 4.55 Å². The molecule has 1 rings (SSSR count). The largest absolute Gasteiger partial charge is 0.772 e. The molecule has 0 aliphatic carbocycles. The van der Waals surface area contributed by atoms with Gasteiger partial charge in [0.05, 0.1) is 0 Å². The molecular weight excluding hydrogens is 296 g/mol. The summed E-state index contributed by atoms with van der Waals surface area (Å²) in [5.74, 6) is -0.0909. The summed E-state index contributed by atoms with van der Waals surface area (Å²) < 4.78 is 21.9. The monoisotopic (exact) mass is 313 g/mol. The molecule has 5 heteroatoms. The van der Waals surface area contributed by atoms with Gasteiger partial charge in [0.1, 0.15) is 0 Å². The van der Waals surface area contributed by atoms with Gasteiger partial charge in [-0.25, -0.2) is 0 Å². The molecule has 1 atom stereocenters. The molecule has 0 fully saturated rings. The van der Waals surface area contributed by atoms with Crippen LogP contribution >= 0.6 is 11.6 Å². The van der Waals surface area contributed by atoms with E-state index in [1.165, 1.54) is 0 Å². The zero-order valence-electron chi connectivity index (χ0n) is 11.6. The first kappa shape index (κ1) is 17.1. The fourth-order valence-electron chi connectivity index (χ4n) is 2.12. The highest BCUT2D eigenvalue weighted by atomic mass is 35.5. The highest BCUT2D eigenvalue weighted by Crippen LogP contribution is 2.22. The number of hydrogen-bond donors (Lipinski definition) is 0. The third-order valence-electron chi connectivity index (χ3n) is 3.11. The minimum Gasteiger partial charge on any atom is -0.772 e. The summed E-state index contributed by atoms with van der Waals surface area (Å²) in [5, 5.41) is -0.542. The Morgan fingerprint density at radius 1 is 1.35 bits per heavy atom. The van der Waals surface area contributed by atoms with Gasteiger partial charge in [-0.05, 0) is 60.5 Å². The molecule has 0 bridgehead atoms. The fraction of sp³-hybridized carbons (Fsp3) is 0.400. The maximum Gasteiger partial charge on any atom is 0.252 e. The van der Waals surface area contributed by atoms with Crippen LogP contribution in [0.25, 0.3) is 0 Å². The van der Waals surface area contributed by atoms with Crippen molar-refractivity contribution < 1.29 is 13.6 Å². The van der Waals surface area contributed by atoms with Crippen molar-refractivity contribution in [3.63, 3.8) is 0 Å². The second kappa shape index (κ2) is 8.35. The number of aryl methyl sites for hydroxylation is 2. The van der Waals surface area contributed by atoms with Crippen molar-refractivity contribution in [1.29, 1.82) is 0 Å². The molecule has 1 aromatic carbocycles. The number of carbonyl (C=O) groups excluding carboxylic acids is 1. The predicted molar refractivity (Wildman–Crippen MR) is 81.8 cm³/mol. The Kier molecular flexibility index (Phi) is 7.13. The van der Waals surface area contributed by atoms with E-state index in [9.17, 15) is 13.6 Å². The number of carbonyl (C=O) groups is 1. The Bertz CT molecular complexity index is 538. The highest BCUT2D eigenvalue weighted by molar-refractivity contribution is 7.78. The van der Waals surface area contributed by atoms with Crippen LogP contribution < -0.4 is 0 Å². The SMILES string of the molecule is CC=CCCc1cc(CC)c(C(=O)Cl)cc1CS(=O)[O-]. The first-order valence-electron chi connectivity index (χ1n) is 6.51. The van der Waals surface area contributed by atoms with E-state index in [2.05, 4.69) is 0 Å². The number of benzene rings is 1. The first-order valence-corrected chi connectivity index (χ1v) is 8.13. The lowest BCUT2D eigenvalue weighted by Gasteiger charge is -2.15. The molecular formula is C15H18ClO3S-. The van der Waals surface area contributed by atoms with E-state index in [4.69, 9.17) is 11.6 Å². The van der Waals surface area contributed by atoms with Crippen LogP contribution in [0.4, 0.5) is 0 Å². The Balaban J connectivity index is 3.23. The lowest BCUT2D eigenvalue weighted by Crippen LogP contribution is -2.05. The minimum atomic E-state index is -2.19. The maximum atomic E-state index is 11.4. The van der Waals surface area contributed by atoms with Crippen molar-refractivity contribution in [1.82, 2.24) is 0 Å². The molecule has 20 heavy (non-hydrogen) atoms. The highest BCUT2D eigenvalue weighted by Gasteiger charge is 2.13. The summed E-state index contributed by atoms with van der Waals surface area (Å²) in [4.78, 5) is 11.4. The summed E-state index contributed by atoms with van der Waals surface area (Å²) >= 11 is 3.38. The summed E-state index contributed by atoms with van der Waals surface area (Å²) in [6.07, 6.45) is 6.27. The zero-order chi connectivity index (χ0) is 15.1. The van der Waals surface area contributed by atoms with Gasteiger partial charge >= 0.3 is 0 Å². The second-order valence-corrected chi connectivity index (χ2v) is 5.70. The van der Waals surface area contributed by atoms with E-state index >= 15 is 0 Å². The standard InChI is InChI=1S/C15H19ClO3S/c1-3-5-6-7-12-8-11(4-2)14(15(16)17)9-13(12)10-20(18)19/h3,5,8-9H,4,6-7,10H2,1-2H3,(H,18,19)/p-1. The number of rotatable bonds is 7. The van der Waals surface area contributed by atoms with Gasteiger partial charge in [0.25, 0.3) is 5.24 Å². The van der Waals surface area contributed by atoms with Gasteiger partial charge in [-0.1, -0.05) is 36.2 Å². The normalized spacial score (nSPS) is 12.8. The average Bonchev–Trinajstić information content (AvgIpc) is 2.39. The molecule has 0 spiro atoms. The van der Waals surface area contributed by atoms with Gasteiger partial charge in [-0.15, -0.1) is 0 Å². The molecule has 0 amide bonds. The first-order chi connectivity index (χ1) is 9.49. The summed E-state index contributed by atoms with van der Waals surface area (Å²) in [6.45, 7) is 3.89. The fourth-order valence-corrected chi connectivity index (χ4v) is 2.81. The van der Waals surface area contributed by atoms with Gasteiger partial charge in [0.2, 0.25) is 0 Å². The van der Waals surface area contributed by atoms with Crippen LogP contribution in [0.15, 0.2) is 24.3 Å². The van der Waals surface area contributed by atoms with E-state index in [1.807, 2.05) is 32.1 Å². The molecule has 0 radical (unpaired) electrons. The minimum absolute atomic E-state index is 0.0909. The van der Waals surface area contributed by atoms with Crippen LogP contribution in [0.2, 0.25) is 0 Å². The summed E-state index contributed by atoms with van der Waals surface area (Å²) in [6, 6.07) is 3.52. The van der Waals surface area contributed by atoms with Gasteiger partial charge in [-0.3, -0.25) is 9.00 Å². The number of hydrogen-bond acceptors (Lipinski definition) is 3. The third-order valence-corrected chi connectivity index (χ3v) is 3.86. The van der Waals surface area contributed by atoms with Crippen molar-refractivity contribution in [2.24, 2.45) is 0 Å². The molecule has 110 valence electrons. The molecule has 0 aromatic heterocycles. The molecule has 0 N–H and O–H groups in total. The number of halogens is 1. The van der Waals surface area contributed by atoms with Crippen molar-refractivity contribution in [2.45, 2.75) is 38.9 Å². The molecule has 0 saturated heterocycles.